The summed E-state index contributed by atoms with van der Waals surface area (Å²) in [6.45, 7) is 3.45. The van der Waals surface area contributed by atoms with Crippen molar-refractivity contribution < 1.29 is 13.2 Å². The third-order valence-corrected chi connectivity index (χ3v) is 9.21. The second kappa shape index (κ2) is 8.97. The maximum atomic E-state index is 12.7. The lowest BCUT2D eigenvalue weighted by atomic mass is 10.2. The van der Waals surface area contributed by atoms with Crippen molar-refractivity contribution in [3.8, 4) is 9.88 Å². The maximum absolute atomic E-state index is 12.7. The Morgan fingerprint density at radius 1 is 1.13 bits per heavy atom. The lowest BCUT2D eigenvalue weighted by molar-refractivity contribution is 0.0951. The summed E-state index contributed by atoms with van der Waals surface area (Å²) >= 11 is 3.22. The number of nitrogens with zero attached hydrogens (tertiary/aromatic N) is 2. The Bertz CT molecular complexity index is 1110. The van der Waals surface area contributed by atoms with Crippen LogP contribution in [0.2, 0.25) is 0 Å². The summed E-state index contributed by atoms with van der Waals surface area (Å²) in [5, 5.41) is 5.89. The minimum atomic E-state index is -3.49. The van der Waals surface area contributed by atoms with E-state index >= 15 is 0 Å². The third kappa shape index (κ3) is 4.49. The first-order valence-electron chi connectivity index (χ1n) is 9.84. The quantitative estimate of drug-likeness (QED) is 0.594. The minimum absolute atomic E-state index is 0.234. The van der Waals surface area contributed by atoms with Crippen LogP contribution in [-0.4, -0.2) is 36.7 Å². The summed E-state index contributed by atoms with van der Waals surface area (Å²) in [6.07, 6.45) is 2.86. The fourth-order valence-corrected chi connectivity index (χ4v) is 6.71. The lowest BCUT2D eigenvalue weighted by Gasteiger charge is -2.25. The highest BCUT2D eigenvalue weighted by Gasteiger charge is 2.26. The van der Waals surface area contributed by atoms with Crippen molar-refractivity contribution in [1.29, 1.82) is 0 Å². The van der Waals surface area contributed by atoms with Crippen molar-refractivity contribution in [3.05, 3.63) is 57.9 Å². The van der Waals surface area contributed by atoms with E-state index in [1.165, 1.54) is 16.4 Å². The van der Waals surface area contributed by atoms with Crippen LogP contribution in [0.3, 0.4) is 0 Å². The highest BCUT2D eigenvalue weighted by Crippen LogP contribution is 2.31. The first kappa shape index (κ1) is 21.2. The molecule has 1 fully saturated rings. The molecule has 3 aromatic rings. The normalized spacial score (nSPS) is 15.2. The van der Waals surface area contributed by atoms with Crippen LogP contribution >= 0.6 is 22.7 Å². The molecule has 1 saturated heterocycles. The molecule has 9 heteroatoms. The molecule has 6 nitrogen and oxygen atoms in total. The molecule has 0 saturated carbocycles. The highest BCUT2D eigenvalue weighted by molar-refractivity contribution is 7.89. The zero-order valence-corrected chi connectivity index (χ0v) is 19.1. The van der Waals surface area contributed by atoms with Gasteiger partial charge in [0.15, 0.2) is 0 Å². The maximum Gasteiger partial charge on any atom is 0.251 e. The number of aromatic nitrogens is 1. The fourth-order valence-electron chi connectivity index (χ4n) is 3.39. The van der Waals surface area contributed by atoms with Crippen molar-refractivity contribution in [2.75, 3.05) is 13.1 Å². The molecule has 0 radical (unpaired) electrons. The lowest BCUT2D eigenvalue weighted by Crippen LogP contribution is -2.35. The number of piperidine rings is 1. The first-order valence-corrected chi connectivity index (χ1v) is 13.0. The summed E-state index contributed by atoms with van der Waals surface area (Å²) in [7, 11) is -3.49. The van der Waals surface area contributed by atoms with E-state index in [1.54, 1.807) is 34.8 Å². The zero-order valence-electron chi connectivity index (χ0n) is 16.6. The van der Waals surface area contributed by atoms with Gasteiger partial charge in [0.2, 0.25) is 10.0 Å². The van der Waals surface area contributed by atoms with Gasteiger partial charge in [-0.2, -0.15) is 4.31 Å². The molecule has 1 aliphatic heterocycles. The Hall–Kier alpha value is -2.07. The Morgan fingerprint density at radius 3 is 2.53 bits per heavy atom. The number of amides is 1. The van der Waals surface area contributed by atoms with Crippen molar-refractivity contribution in [1.82, 2.24) is 14.6 Å². The SMILES string of the molecule is Cc1nc(-c2cccs2)sc1CNC(=O)c1ccc(S(=O)(=O)N2CCCCC2)cc1. The van der Waals surface area contributed by atoms with Crippen molar-refractivity contribution in [3.63, 3.8) is 0 Å². The van der Waals surface area contributed by atoms with Crippen LogP contribution in [0, 0.1) is 6.92 Å². The van der Waals surface area contributed by atoms with Crippen LogP contribution < -0.4 is 5.32 Å². The number of carbonyl (C=O) groups is 1. The van der Waals surface area contributed by atoms with E-state index in [9.17, 15) is 13.2 Å². The van der Waals surface area contributed by atoms with E-state index in [0.717, 1.165) is 39.7 Å². The van der Waals surface area contributed by atoms with Gasteiger partial charge >= 0.3 is 0 Å². The number of hydrogen-bond donors (Lipinski definition) is 1. The van der Waals surface area contributed by atoms with Gasteiger partial charge in [0.05, 0.1) is 22.0 Å². The molecule has 1 aromatic carbocycles. The second-order valence-corrected chi connectivity index (χ2v) is 11.1. The summed E-state index contributed by atoms with van der Waals surface area (Å²) in [5.74, 6) is -0.234. The van der Waals surface area contributed by atoms with Crippen molar-refractivity contribution in [2.24, 2.45) is 0 Å². The van der Waals surface area contributed by atoms with Crippen LogP contribution in [0.25, 0.3) is 9.88 Å². The molecule has 4 rings (SSSR count). The fraction of sp³-hybridized carbons (Fsp3) is 0.333. The highest BCUT2D eigenvalue weighted by atomic mass is 32.2. The van der Waals surface area contributed by atoms with Crippen molar-refractivity contribution in [2.45, 2.75) is 37.6 Å². The van der Waals surface area contributed by atoms with Crippen LogP contribution in [-0.2, 0) is 16.6 Å². The molecule has 0 spiro atoms. The largest absolute Gasteiger partial charge is 0.347 e. The summed E-state index contributed by atoms with van der Waals surface area (Å²) < 4.78 is 27.0. The number of carbonyl (C=O) groups excluding carboxylic acids is 1. The predicted octanol–water partition coefficient (Wildman–Crippen LogP) is 4.28. The molecule has 3 heterocycles. The van der Waals surface area contributed by atoms with E-state index < -0.39 is 10.0 Å². The minimum Gasteiger partial charge on any atom is -0.347 e. The number of sulfonamides is 1. The smallest absolute Gasteiger partial charge is 0.251 e. The van der Waals surface area contributed by atoms with Crippen LogP contribution in [0.1, 0.15) is 40.2 Å². The summed E-state index contributed by atoms with van der Waals surface area (Å²) in [6, 6.07) is 10.2. The monoisotopic (exact) mass is 461 g/mol. The molecule has 1 amide bonds. The Balaban J connectivity index is 1.41. The van der Waals surface area contributed by atoms with Gasteiger partial charge in [-0.1, -0.05) is 12.5 Å². The summed E-state index contributed by atoms with van der Waals surface area (Å²) in [5.41, 5.74) is 1.35. The molecule has 30 heavy (non-hydrogen) atoms. The molecule has 1 N–H and O–H groups in total. The molecular formula is C21H23N3O3S3. The first-order chi connectivity index (χ1) is 14.4. The van der Waals surface area contributed by atoms with E-state index in [1.807, 2.05) is 24.4 Å². The Morgan fingerprint density at radius 2 is 1.87 bits per heavy atom. The third-order valence-electron chi connectivity index (χ3n) is 5.10. The summed E-state index contributed by atoms with van der Waals surface area (Å²) in [4.78, 5) is 19.5. The number of hydrogen-bond acceptors (Lipinski definition) is 6. The number of benzene rings is 1. The van der Waals surface area contributed by atoms with Gasteiger partial charge in [-0.3, -0.25) is 4.79 Å². The molecule has 0 unspecified atom stereocenters. The van der Waals surface area contributed by atoms with Gasteiger partial charge in [-0.05, 0) is 55.5 Å². The molecule has 0 aliphatic carbocycles. The molecule has 2 aromatic heterocycles. The molecule has 0 bridgehead atoms. The number of thiazole rings is 1. The van der Waals surface area contributed by atoms with E-state index in [2.05, 4.69) is 10.3 Å². The van der Waals surface area contributed by atoms with Gasteiger partial charge in [0, 0.05) is 23.5 Å². The van der Waals surface area contributed by atoms with Gasteiger partial charge in [-0.15, -0.1) is 22.7 Å². The number of nitrogens with one attached hydrogen (secondary N) is 1. The zero-order chi connectivity index (χ0) is 21.1. The molecule has 0 atom stereocenters. The topological polar surface area (TPSA) is 79.4 Å². The second-order valence-electron chi connectivity index (χ2n) is 7.18. The number of thiophene rings is 1. The Labute approximate surface area is 184 Å². The van der Waals surface area contributed by atoms with Gasteiger partial charge in [0.1, 0.15) is 5.01 Å². The molecular weight excluding hydrogens is 438 g/mol. The van der Waals surface area contributed by atoms with Crippen LogP contribution in [0.4, 0.5) is 0 Å². The van der Waals surface area contributed by atoms with Crippen molar-refractivity contribution >= 4 is 38.6 Å². The van der Waals surface area contributed by atoms with Gasteiger partial charge in [0.25, 0.3) is 5.91 Å². The van der Waals surface area contributed by atoms with E-state index in [-0.39, 0.29) is 10.8 Å². The van der Waals surface area contributed by atoms with Gasteiger partial charge < -0.3 is 5.32 Å². The Kier molecular flexibility index (Phi) is 6.33. The van der Waals surface area contributed by atoms with E-state index in [4.69, 9.17) is 0 Å². The van der Waals surface area contributed by atoms with Crippen LogP contribution in [0.15, 0.2) is 46.7 Å². The number of rotatable bonds is 6. The number of aryl methyl sites for hydroxylation is 1. The average Bonchev–Trinajstić information content (AvgIpc) is 3.42. The van der Waals surface area contributed by atoms with Gasteiger partial charge in [-0.25, -0.2) is 13.4 Å². The van der Waals surface area contributed by atoms with E-state index in [0.29, 0.717) is 25.2 Å². The average molecular weight is 462 g/mol. The standard InChI is InChI=1S/C21H23N3O3S3/c1-15-19(29-21(23-15)18-6-5-13-28-18)14-22-20(25)16-7-9-17(10-8-16)30(26,27)24-11-3-2-4-12-24/h5-10,13H,2-4,11-12,14H2,1H3,(H,22,25). The van der Waals surface area contributed by atoms with Crippen LogP contribution in [0.5, 0.6) is 0 Å². The molecule has 158 valence electrons. The molecule has 1 aliphatic rings. The predicted molar refractivity (Wildman–Crippen MR) is 120 cm³/mol.